The van der Waals surface area contributed by atoms with Crippen LogP contribution in [0.5, 0.6) is 0 Å². The SMILES string of the molecule is CCOC(=O)C(c1ccccc1)n1cc(C)c([N+](=O)[O-])n1. The van der Waals surface area contributed by atoms with Crippen LogP contribution in [-0.4, -0.2) is 27.3 Å². The number of nitro groups is 1. The van der Waals surface area contributed by atoms with E-state index in [4.69, 9.17) is 4.74 Å². The van der Waals surface area contributed by atoms with E-state index in [1.54, 1.807) is 38.1 Å². The molecule has 7 heteroatoms. The topological polar surface area (TPSA) is 87.3 Å². The highest BCUT2D eigenvalue weighted by Crippen LogP contribution is 2.23. The predicted octanol–water partition coefficient (Wildman–Crippen LogP) is 2.25. The third kappa shape index (κ3) is 3.07. The number of benzene rings is 1. The summed E-state index contributed by atoms with van der Waals surface area (Å²) in [6.45, 7) is 3.51. The first-order valence-electron chi connectivity index (χ1n) is 6.46. The van der Waals surface area contributed by atoms with E-state index in [1.807, 2.05) is 6.07 Å². The summed E-state index contributed by atoms with van der Waals surface area (Å²) in [5.74, 6) is -0.763. The number of aryl methyl sites for hydroxylation is 1. The molecule has 2 rings (SSSR count). The van der Waals surface area contributed by atoms with Crippen LogP contribution >= 0.6 is 0 Å². The van der Waals surface area contributed by atoms with Crippen molar-refractivity contribution in [2.45, 2.75) is 19.9 Å². The molecular formula is C14H15N3O4. The van der Waals surface area contributed by atoms with E-state index in [0.717, 1.165) is 0 Å². The first-order valence-corrected chi connectivity index (χ1v) is 6.46. The summed E-state index contributed by atoms with van der Waals surface area (Å²) in [5, 5.41) is 14.8. The van der Waals surface area contributed by atoms with Crippen LogP contribution in [0.1, 0.15) is 24.1 Å². The Balaban J connectivity index is 2.47. The number of rotatable bonds is 5. The van der Waals surface area contributed by atoms with Crippen LogP contribution in [0, 0.1) is 17.0 Å². The zero-order valence-corrected chi connectivity index (χ0v) is 11.7. The van der Waals surface area contributed by atoms with Gasteiger partial charge in [-0.25, -0.2) is 4.79 Å². The molecule has 0 bridgehead atoms. The molecule has 0 fully saturated rings. The fourth-order valence-corrected chi connectivity index (χ4v) is 2.04. The number of aromatic nitrogens is 2. The maximum absolute atomic E-state index is 12.2. The van der Waals surface area contributed by atoms with Gasteiger partial charge in [0, 0.05) is 0 Å². The van der Waals surface area contributed by atoms with Crippen molar-refractivity contribution in [3.05, 3.63) is 57.8 Å². The van der Waals surface area contributed by atoms with Gasteiger partial charge in [0.15, 0.2) is 6.04 Å². The molecule has 0 saturated heterocycles. The van der Waals surface area contributed by atoms with Gasteiger partial charge >= 0.3 is 11.8 Å². The summed E-state index contributed by atoms with van der Waals surface area (Å²) in [4.78, 5) is 22.5. The Morgan fingerprint density at radius 2 is 2.10 bits per heavy atom. The normalized spacial score (nSPS) is 11.9. The molecule has 0 saturated carbocycles. The van der Waals surface area contributed by atoms with Crippen molar-refractivity contribution in [1.82, 2.24) is 9.78 Å². The van der Waals surface area contributed by atoms with Crippen molar-refractivity contribution in [3.8, 4) is 0 Å². The predicted molar refractivity (Wildman–Crippen MR) is 74.8 cm³/mol. The third-order valence-corrected chi connectivity index (χ3v) is 2.95. The third-order valence-electron chi connectivity index (χ3n) is 2.95. The molecule has 0 spiro atoms. The van der Waals surface area contributed by atoms with Gasteiger partial charge in [0.25, 0.3) is 0 Å². The number of hydrogen-bond donors (Lipinski definition) is 0. The van der Waals surface area contributed by atoms with Crippen molar-refractivity contribution >= 4 is 11.8 Å². The summed E-state index contributed by atoms with van der Waals surface area (Å²) in [7, 11) is 0. The molecule has 0 radical (unpaired) electrons. The standard InChI is InChI=1S/C14H15N3O4/c1-3-21-14(18)12(11-7-5-4-6-8-11)16-9-10(2)13(15-16)17(19)20/h4-9,12H,3H2,1-2H3. The molecule has 0 aliphatic carbocycles. The zero-order chi connectivity index (χ0) is 15.4. The fraction of sp³-hybridized carbons (Fsp3) is 0.286. The van der Waals surface area contributed by atoms with Gasteiger partial charge in [-0.15, -0.1) is 0 Å². The highest BCUT2D eigenvalue weighted by Gasteiger charge is 2.30. The molecule has 0 aliphatic rings. The molecule has 1 aromatic heterocycles. The smallest absolute Gasteiger partial charge is 0.392 e. The van der Waals surface area contributed by atoms with Crippen molar-refractivity contribution in [2.24, 2.45) is 0 Å². The second-order valence-electron chi connectivity index (χ2n) is 4.44. The number of carbonyl (C=O) groups excluding carboxylic acids is 1. The number of carbonyl (C=O) groups is 1. The van der Waals surface area contributed by atoms with Crippen molar-refractivity contribution in [2.75, 3.05) is 6.61 Å². The molecule has 1 atom stereocenters. The Bertz CT molecular complexity index is 651. The Labute approximate surface area is 121 Å². The molecule has 2 aromatic rings. The van der Waals surface area contributed by atoms with Crippen LogP contribution in [0.25, 0.3) is 0 Å². The zero-order valence-electron chi connectivity index (χ0n) is 11.7. The Hall–Kier alpha value is -2.70. The molecule has 0 aliphatic heterocycles. The molecule has 1 aromatic carbocycles. The number of ether oxygens (including phenoxy) is 1. The monoisotopic (exact) mass is 289 g/mol. The lowest BCUT2D eigenvalue weighted by Crippen LogP contribution is -2.23. The summed E-state index contributed by atoms with van der Waals surface area (Å²) < 4.78 is 6.33. The average Bonchev–Trinajstić information content (AvgIpc) is 2.82. The largest absolute Gasteiger partial charge is 0.464 e. The average molecular weight is 289 g/mol. The van der Waals surface area contributed by atoms with Crippen molar-refractivity contribution < 1.29 is 14.5 Å². The number of hydrogen-bond acceptors (Lipinski definition) is 5. The van der Waals surface area contributed by atoms with Crippen LogP contribution in [-0.2, 0) is 9.53 Å². The minimum Gasteiger partial charge on any atom is -0.464 e. The summed E-state index contributed by atoms with van der Waals surface area (Å²) in [6.07, 6.45) is 1.48. The quantitative estimate of drug-likeness (QED) is 0.478. The molecule has 0 amide bonds. The first kappa shape index (κ1) is 14.7. The van der Waals surface area contributed by atoms with Crippen LogP contribution < -0.4 is 0 Å². The second kappa shape index (κ2) is 6.17. The minimum absolute atomic E-state index is 0.227. The summed E-state index contributed by atoms with van der Waals surface area (Å²) in [6, 6.07) is 8.06. The molecular weight excluding hydrogens is 274 g/mol. The Morgan fingerprint density at radius 3 is 2.62 bits per heavy atom. The van der Waals surface area contributed by atoms with Crippen LogP contribution in [0.4, 0.5) is 5.82 Å². The van der Waals surface area contributed by atoms with Crippen LogP contribution in [0.2, 0.25) is 0 Å². The van der Waals surface area contributed by atoms with Crippen molar-refractivity contribution in [1.29, 1.82) is 0 Å². The highest BCUT2D eigenvalue weighted by molar-refractivity contribution is 5.78. The maximum atomic E-state index is 12.2. The molecule has 1 heterocycles. The lowest BCUT2D eigenvalue weighted by atomic mass is 10.1. The Kier molecular flexibility index (Phi) is 4.32. The molecule has 21 heavy (non-hydrogen) atoms. The van der Waals surface area contributed by atoms with E-state index in [1.165, 1.54) is 10.9 Å². The highest BCUT2D eigenvalue weighted by atomic mass is 16.6. The second-order valence-corrected chi connectivity index (χ2v) is 4.44. The van der Waals surface area contributed by atoms with Gasteiger partial charge in [-0.1, -0.05) is 30.3 Å². The molecule has 110 valence electrons. The fourth-order valence-electron chi connectivity index (χ4n) is 2.04. The lowest BCUT2D eigenvalue weighted by Gasteiger charge is -2.13. The first-order chi connectivity index (χ1) is 10.0. The minimum atomic E-state index is -0.835. The van der Waals surface area contributed by atoms with Crippen LogP contribution in [0.15, 0.2) is 36.5 Å². The van der Waals surface area contributed by atoms with Crippen LogP contribution in [0.3, 0.4) is 0 Å². The van der Waals surface area contributed by atoms with E-state index in [-0.39, 0.29) is 12.4 Å². The molecule has 7 nitrogen and oxygen atoms in total. The van der Waals surface area contributed by atoms with E-state index in [9.17, 15) is 14.9 Å². The van der Waals surface area contributed by atoms with Gasteiger partial charge in [0.2, 0.25) is 0 Å². The van der Waals surface area contributed by atoms with Gasteiger partial charge in [0.05, 0.1) is 23.5 Å². The molecule has 1 unspecified atom stereocenters. The van der Waals surface area contributed by atoms with Gasteiger partial charge in [0.1, 0.15) is 0 Å². The summed E-state index contributed by atoms with van der Waals surface area (Å²) >= 11 is 0. The van der Waals surface area contributed by atoms with E-state index < -0.39 is 16.9 Å². The maximum Gasteiger partial charge on any atom is 0.392 e. The van der Waals surface area contributed by atoms with E-state index in [2.05, 4.69) is 5.10 Å². The van der Waals surface area contributed by atoms with E-state index >= 15 is 0 Å². The number of nitrogens with zero attached hydrogens (tertiary/aromatic N) is 3. The van der Waals surface area contributed by atoms with E-state index in [0.29, 0.717) is 11.1 Å². The van der Waals surface area contributed by atoms with Gasteiger partial charge in [-0.2, -0.15) is 4.68 Å². The van der Waals surface area contributed by atoms with Gasteiger partial charge < -0.3 is 14.9 Å². The number of esters is 1. The lowest BCUT2D eigenvalue weighted by molar-refractivity contribution is -0.390. The summed E-state index contributed by atoms with van der Waals surface area (Å²) in [5.41, 5.74) is 1.05. The Morgan fingerprint density at radius 1 is 1.43 bits per heavy atom. The molecule has 0 N–H and O–H groups in total. The van der Waals surface area contributed by atoms with Crippen molar-refractivity contribution in [3.63, 3.8) is 0 Å². The van der Waals surface area contributed by atoms with Gasteiger partial charge in [-0.3, -0.25) is 0 Å². The van der Waals surface area contributed by atoms with Gasteiger partial charge in [-0.05, 0) is 24.3 Å².